The molecular weight excluding hydrogens is 493 g/mol. The molecule has 8 rings (SSSR count). The van der Waals surface area contributed by atoms with Gasteiger partial charge in [-0.2, -0.15) is 0 Å². The van der Waals surface area contributed by atoms with E-state index < -0.39 is 0 Å². The summed E-state index contributed by atoms with van der Waals surface area (Å²) < 4.78 is 20.4. The molecule has 0 radical (unpaired) electrons. The van der Waals surface area contributed by atoms with E-state index in [9.17, 15) is 0 Å². The summed E-state index contributed by atoms with van der Waals surface area (Å²) in [6.45, 7) is 0. The van der Waals surface area contributed by atoms with E-state index in [1.165, 1.54) is 23.1 Å². The molecule has 0 N–H and O–H groups in total. The van der Waals surface area contributed by atoms with Crippen LogP contribution in [0.1, 0.15) is 0 Å². The average molecular weight is 513 g/mol. The molecule has 172 valence electrons. The van der Waals surface area contributed by atoms with Gasteiger partial charge < -0.3 is 8.83 Å². The van der Waals surface area contributed by atoms with E-state index in [2.05, 4.69) is 42.7 Å². The monoisotopic (exact) mass is 512 g/mol. The van der Waals surface area contributed by atoms with E-state index in [0.29, 0.717) is 0 Å². The average Bonchev–Trinajstić information content (AvgIpc) is 3.74. The van der Waals surface area contributed by atoms with Gasteiger partial charge in [0, 0.05) is 10.8 Å². The Labute approximate surface area is 211 Å². The Morgan fingerprint density at radius 2 is 1.09 bits per heavy atom. The second-order valence-corrected chi connectivity index (χ2v) is 10.3. The predicted octanol–water partition coefficient (Wildman–Crippen LogP) is 6.76. The zero-order chi connectivity index (χ0) is 23.7. The maximum atomic E-state index is 5.25. The number of rotatable bonds is 0. The summed E-state index contributed by atoms with van der Waals surface area (Å²) in [7, 11) is 0.182. The van der Waals surface area contributed by atoms with Gasteiger partial charge in [-0.3, -0.25) is 0 Å². The van der Waals surface area contributed by atoms with E-state index in [0.717, 1.165) is 42.4 Å². The van der Waals surface area contributed by atoms with Gasteiger partial charge in [0.25, 0.3) is 0 Å². The molecule has 6 nitrogen and oxygen atoms in total. The smallest absolute Gasteiger partial charge is 0.134 e. The van der Waals surface area contributed by atoms with Crippen LogP contribution in [0, 0.1) is 0 Å². The molecule has 0 unspecified atom stereocenters. The first-order valence-electron chi connectivity index (χ1n) is 10.9. The summed E-state index contributed by atoms with van der Waals surface area (Å²) in [6.07, 6.45) is 7.60. The van der Waals surface area contributed by atoms with Crippen LogP contribution in [-0.4, -0.2) is 28.7 Å². The Balaban J connectivity index is 0.000000100. The maximum Gasteiger partial charge on any atom is 0.134 e. The van der Waals surface area contributed by atoms with Crippen LogP contribution in [0.5, 0.6) is 0 Å². The fourth-order valence-electron chi connectivity index (χ4n) is 3.26. The van der Waals surface area contributed by atoms with Crippen molar-refractivity contribution in [3.05, 3.63) is 109 Å². The standard InChI is InChI=1S/C10H6O2.2C6H4N2S.C4H6Si/c1-3-11-9-6-8-2-4-12-10(8)5-7(1)9;2*1-2-4-6-5(3-1)7-8-9-6;1-2-4-5-3-1/h1-6H;2*1-4H;1-4H,5H2. The molecule has 35 heavy (non-hydrogen) atoms. The summed E-state index contributed by atoms with van der Waals surface area (Å²) in [5, 5.41) is 9.94. The van der Waals surface area contributed by atoms with E-state index in [1.54, 1.807) is 12.5 Å². The van der Waals surface area contributed by atoms with Gasteiger partial charge in [0.1, 0.15) is 22.2 Å². The largest absolute Gasteiger partial charge is 0.464 e. The highest BCUT2D eigenvalue weighted by Crippen LogP contribution is 2.23. The van der Waals surface area contributed by atoms with Crippen molar-refractivity contribution in [2.45, 2.75) is 0 Å². The topological polar surface area (TPSA) is 77.8 Å². The van der Waals surface area contributed by atoms with Gasteiger partial charge in [0.2, 0.25) is 0 Å². The van der Waals surface area contributed by atoms with Gasteiger partial charge in [-0.05, 0) is 71.6 Å². The number of allylic oxidation sites excluding steroid dienone is 2. The fourth-order valence-corrected chi connectivity index (χ4v) is 5.16. The lowest BCUT2D eigenvalue weighted by atomic mass is 10.2. The molecular formula is C26H20N4O2S2Si. The fraction of sp³-hybridized carbons (Fsp3) is 0. The molecule has 0 aliphatic carbocycles. The Morgan fingerprint density at radius 1 is 0.600 bits per heavy atom. The third-order valence-electron chi connectivity index (χ3n) is 4.99. The minimum Gasteiger partial charge on any atom is -0.464 e. The van der Waals surface area contributed by atoms with Gasteiger partial charge in [0.05, 0.1) is 31.4 Å². The van der Waals surface area contributed by atoms with Gasteiger partial charge in [-0.15, -0.1) is 10.2 Å². The second-order valence-electron chi connectivity index (χ2n) is 7.34. The third kappa shape index (κ3) is 5.96. The predicted molar refractivity (Wildman–Crippen MR) is 148 cm³/mol. The van der Waals surface area contributed by atoms with E-state index in [1.807, 2.05) is 72.8 Å². The first-order valence-corrected chi connectivity index (χ1v) is 14.0. The number of furan rings is 2. The number of hydrogen-bond donors (Lipinski definition) is 0. The lowest BCUT2D eigenvalue weighted by Gasteiger charge is -1.87. The lowest BCUT2D eigenvalue weighted by Crippen LogP contribution is -1.63. The quantitative estimate of drug-likeness (QED) is 0.209. The van der Waals surface area contributed by atoms with Crippen molar-refractivity contribution < 1.29 is 8.83 Å². The van der Waals surface area contributed by atoms with E-state index >= 15 is 0 Å². The lowest BCUT2D eigenvalue weighted by molar-refractivity contribution is 0.612. The highest BCUT2D eigenvalue weighted by atomic mass is 32.1. The Kier molecular flexibility index (Phi) is 7.49. The second kappa shape index (κ2) is 11.5. The Hall–Kier alpha value is -3.92. The molecule has 0 bridgehead atoms. The molecule has 0 saturated heterocycles. The number of hydrogen-bond acceptors (Lipinski definition) is 8. The van der Waals surface area contributed by atoms with Crippen LogP contribution in [0.2, 0.25) is 0 Å². The van der Waals surface area contributed by atoms with Crippen molar-refractivity contribution in [3.8, 4) is 0 Å². The Bertz CT molecular complexity index is 1490. The third-order valence-corrected chi connectivity index (χ3v) is 7.49. The summed E-state index contributed by atoms with van der Waals surface area (Å²) in [6, 6.07) is 23.7. The minimum atomic E-state index is 0.182. The number of nitrogens with zero attached hydrogens (tertiary/aromatic N) is 4. The summed E-state index contributed by atoms with van der Waals surface area (Å²) in [5.41, 5.74) is 8.32. The van der Waals surface area contributed by atoms with Gasteiger partial charge >= 0.3 is 0 Å². The molecule has 1 aliphatic rings. The van der Waals surface area contributed by atoms with Crippen molar-refractivity contribution in [2.24, 2.45) is 0 Å². The number of benzene rings is 3. The maximum absolute atomic E-state index is 5.25. The van der Waals surface area contributed by atoms with Crippen molar-refractivity contribution in [3.63, 3.8) is 0 Å². The first-order chi connectivity index (χ1) is 17.4. The van der Waals surface area contributed by atoms with Gasteiger partial charge in [-0.25, -0.2) is 0 Å². The zero-order valence-electron chi connectivity index (χ0n) is 18.5. The van der Waals surface area contributed by atoms with Crippen molar-refractivity contribution >= 4 is 75.0 Å². The molecule has 0 fully saturated rings. The summed E-state index contributed by atoms with van der Waals surface area (Å²) >= 11 is 2.85. The molecule has 1 aliphatic heterocycles. The molecule has 0 amide bonds. The first kappa shape index (κ1) is 22.8. The van der Waals surface area contributed by atoms with Gasteiger partial charge in [-0.1, -0.05) is 56.8 Å². The summed E-state index contributed by atoms with van der Waals surface area (Å²) in [4.78, 5) is 0. The van der Waals surface area contributed by atoms with Gasteiger partial charge in [0.15, 0.2) is 0 Å². The Morgan fingerprint density at radius 3 is 1.51 bits per heavy atom. The molecule has 0 atom stereocenters. The highest BCUT2D eigenvalue weighted by Gasteiger charge is 2.01. The van der Waals surface area contributed by atoms with Crippen LogP contribution < -0.4 is 0 Å². The molecule has 0 spiro atoms. The van der Waals surface area contributed by atoms with Crippen LogP contribution in [0.15, 0.2) is 118 Å². The summed E-state index contributed by atoms with van der Waals surface area (Å²) in [5.74, 6) is 0. The van der Waals surface area contributed by atoms with Crippen molar-refractivity contribution in [2.75, 3.05) is 0 Å². The normalized spacial score (nSPS) is 11.7. The molecule has 3 aromatic carbocycles. The molecule has 0 saturated carbocycles. The van der Waals surface area contributed by atoms with Crippen LogP contribution in [-0.2, 0) is 0 Å². The number of aromatic nitrogens is 4. The minimum absolute atomic E-state index is 0.182. The zero-order valence-corrected chi connectivity index (χ0v) is 21.6. The van der Waals surface area contributed by atoms with Crippen LogP contribution in [0.25, 0.3) is 42.4 Å². The van der Waals surface area contributed by atoms with E-state index in [4.69, 9.17) is 8.83 Å². The van der Waals surface area contributed by atoms with E-state index in [-0.39, 0.29) is 9.52 Å². The molecule has 7 aromatic rings. The highest BCUT2D eigenvalue weighted by molar-refractivity contribution is 7.13. The van der Waals surface area contributed by atoms with Crippen molar-refractivity contribution in [1.29, 1.82) is 0 Å². The van der Waals surface area contributed by atoms with Crippen LogP contribution in [0.3, 0.4) is 0 Å². The SMILES string of the molecule is C1=C[SiH2]C=C1.c1cc2cc3occc3cc2o1.c1ccc2snnc2c1.c1ccc2snnc2c1. The molecule has 4 aromatic heterocycles. The van der Waals surface area contributed by atoms with Crippen LogP contribution >= 0.6 is 23.1 Å². The van der Waals surface area contributed by atoms with Crippen molar-refractivity contribution in [1.82, 2.24) is 19.2 Å². The molecule has 5 heterocycles. The van der Waals surface area contributed by atoms with Crippen LogP contribution in [0.4, 0.5) is 0 Å². The number of fused-ring (bicyclic) bond motifs is 4. The molecule has 9 heteroatoms.